The quantitative estimate of drug-likeness (QED) is 0.700. The minimum absolute atomic E-state index is 0.0502. The lowest BCUT2D eigenvalue weighted by atomic mass is 9.95. The highest BCUT2D eigenvalue weighted by atomic mass is 16.5. The number of hydrogen-bond donors (Lipinski definition) is 1. The molecule has 1 aliphatic rings. The SMILES string of the molecule is COc1cc(OCc2ccccc2)cc2c1C(=O)CC(c1ccc(O)cc1)O2. The first-order valence-corrected chi connectivity index (χ1v) is 9.01. The second-order valence-electron chi connectivity index (χ2n) is 6.60. The molecule has 0 aromatic heterocycles. The van der Waals surface area contributed by atoms with Gasteiger partial charge in [0.05, 0.1) is 13.5 Å². The number of hydrogen-bond acceptors (Lipinski definition) is 5. The molecule has 0 bridgehead atoms. The number of fused-ring (bicyclic) bond motifs is 1. The monoisotopic (exact) mass is 376 g/mol. The molecule has 3 aromatic carbocycles. The molecule has 1 heterocycles. The summed E-state index contributed by atoms with van der Waals surface area (Å²) in [5.41, 5.74) is 2.30. The van der Waals surface area contributed by atoms with Crippen LogP contribution in [-0.4, -0.2) is 18.0 Å². The van der Waals surface area contributed by atoms with E-state index in [9.17, 15) is 9.90 Å². The van der Waals surface area contributed by atoms with Crippen molar-refractivity contribution in [2.24, 2.45) is 0 Å². The summed E-state index contributed by atoms with van der Waals surface area (Å²) in [7, 11) is 1.52. The Morgan fingerprint density at radius 1 is 1.07 bits per heavy atom. The van der Waals surface area contributed by atoms with Gasteiger partial charge in [-0.1, -0.05) is 42.5 Å². The first kappa shape index (κ1) is 17.9. The Balaban J connectivity index is 1.62. The second-order valence-corrected chi connectivity index (χ2v) is 6.60. The van der Waals surface area contributed by atoms with Crippen LogP contribution in [0.5, 0.6) is 23.0 Å². The smallest absolute Gasteiger partial charge is 0.174 e. The maximum Gasteiger partial charge on any atom is 0.174 e. The highest BCUT2D eigenvalue weighted by Crippen LogP contribution is 2.42. The van der Waals surface area contributed by atoms with E-state index in [1.165, 1.54) is 7.11 Å². The fraction of sp³-hybridized carbons (Fsp3) is 0.174. The van der Waals surface area contributed by atoms with Crippen LogP contribution < -0.4 is 14.2 Å². The van der Waals surface area contributed by atoms with Crippen LogP contribution in [0.2, 0.25) is 0 Å². The Morgan fingerprint density at radius 3 is 2.54 bits per heavy atom. The normalized spacial score (nSPS) is 15.5. The van der Waals surface area contributed by atoms with Crippen molar-refractivity contribution in [2.75, 3.05) is 7.11 Å². The lowest BCUT2D eigenvalue weighted by Gasteiger charge is -2.27. The standard InChI is InChI=1S/C23H20O5/c1-26-21-11-18(27-14-15-5-3-2-4-6-15)12-22-23(21)19(25)13-20(28-22)16-7-9-17(24)10-8-16/h2-12,20,24H,13-14H2,1H3. The Bertz CT molecular complexity index is 980. The van der Waals surface area contributed by atoms with Gasteiger partial charge >= 0.3 is 0 Å². The fourth-order valence-corrected chi connectivity index (χ4v) is 3.26. The molecule has 1 atom stereocenters. The summed E-state index contributed by atoms with van der Waals surface area (Å²) in [4.78, 5) is 12.8. The molecule has 28 heavy (non-hydrogen) atoms. The van der Waals surface area contributed by atoms with Gasteiger partial charge in [0.1, 0.15) is 41.3 Å². The van der Waals surface area contributed by atoms with Gasteiger partial charge in [-0.05, 0) is 23.3 Å². The summed E-state index contributed by atoms with van der Waals surface area (Å²) >= 11 is 0. The molecule has 1 N–H and O–H groups in total. The molecule has 5 nitrogen and oxygen atoms in total. The lowest BCUT2D eigenvalue weighted by molar-refractivity contribution is 0.0844. The van der Waals surface area contributed by atoms with Crippen molar-refractivity contribution < 1.29 is 24.1 Å². The van der Waals surface area contributed by atoms with E-state index in [1.54, 1.807) is 36.4 Å². The number of methoxy groups -OCH3 is 1. The number of phenols is 1. The predicted octanol–water partition coefficient (Wildman–Crippen LogP) is 4.69. The van der Waals surface area contributed by atoms with Gasteiger partial charge in [0, 0.05) is 12.1 Å². The summed E-state index contributed by atoms with van der Waals surface area (Å²) in [5.74, 6) is 1.57. The molecule has 0 saturated heterocycles. The molecule has 5 heteroatoms. The summed E-state index contributed by atoms with van der Waals surface area (Å²) in [6.07, 6.45) is -0.215. The van der Waals surface area contributed by atoms with E-state index in [4.69, 9.17) is 14.2 Å². The lowest BCUT2D eigenvalue weighted by Crippen LogP contribution is -2.21. The molecule has 3 aromatic rings. The topological polar surface area (TPSA) is 65.0 Å². The third kappa shape index (κ3) is 3.64. The number of carbonyl (C=O) groups is 1. The molecular formula is C23H20O5. The van der Waals surface area contributed by atoms with Crippen molar-refractivity contribution in [3.05, 3.63) is 83.4 Å². The number of carbonyl (C=O) groups excluding carboxylic acids is 1. The van der Waals surface area contributed by atoms with Crippen molar-refractivity contribution >= 4 is 5.78 Å². The molecule has 1 unspecified atom stereocenters. The number of Topliss-reactive ketones (excluding diaryl/α,β-unsaturated/α-hetero) is 1. The van der Waals surface area contributed by atoms with E-state index in [1.807, 2.05) is 30.3 Å². The third-order valence-electron chi connectivity index (χ3n) is 4.69. The van der Waals surface area contributed by atoms with E-state index in [0.29, 0.717) is 29.4 Å². The molecule has 142 valence electrons. The number of benzene rings is 3. The van der Waals surface area contributed by atoms with Crippen LogP contribution in [0.3, 0.4) is 0 Å². The van der Waals surface area contributed by atoms with Crippen LogP contribution in [-0.2, 0) is 6.61 Å². The maximum absolute atomic E-state index is 12.8. The Hall–Kier alpha value is -3.47. The summed E-state index contributed by atoms with van der Waals surface area (Å²) in [6, 6.07) is 19.9. The molecule has 0 saturated carbocycles. The predicted molar refractivity (Wildman–Crippen MR) is 104 cm³/mol. The molecule has 1 aliphatic heterocycles. The highest BCUT2D eigenvalue weighted by molar-refractivity contribution is 6.02. The maximum atomic E-state index is 12.8. The fourth-order valence-electron chi connectivity index (χ4n) is 3.26. The van der Waals surface area contributed by atoms with Crippen LogP contribution in [0.25, 0.3) is 0 Å². The van der Waals surface area contributed by atoms with E-state index >= 15 is 0 Å². The van der Waals surface area contributed by atoms with E-state index in [2.05, 4.69) is 0 Å². The van der Waals surface area contributed by atoms with Gasteiger partial charge in [0.2, 0.25) is 0 Å². The van der Waals surface area contributed by atoms with Crippen LogP contribution >= 0.6 is 0 Å². The van der Waals surface area contributed by atoms with Gasteiger partial charge in [0.15, 0.2) is 5.78 Å². The van der Waals surface area contributed by atoms with Crippen molar-refractivity contribution in [3.8, 4) is 23.0 Å². The molecular weight excluding hydrogens is 356 g/mol. The van der Waals surface area contributed by atoms with Crippen LogP contribution in [0, 0.1) is 0 Å². The Kier molecular flexibility index (Phi) is 4.89. The van der Waals surface area contributed by atoms with Crippen LogP contribution in [0.4, 0.5) is 0 Å². The zero-order chi connectivity index (χ0) is 19.5. The average Bonchev–Trinajstić information content (AvgIpc) is 2.72. The van der Waals surface area contributed by atoms with Crippen molar-refractivity contribution in [1.82, 2.24) is 0 Å². The molecule has 0 spiro atoms. The number of ketones is 1. The third-order valence-corrected chi connectivity index (χ3v) is 4.69. The highest BCUT2D eigenvalue weighted by Gasteiger charge is 2.31. The van der Waals surface area contributed by atoms with Gasteiger partial charge in [-0.25, -0.2) is 0 Å². The van der Waals surface area contributed by atoms with Crippen LogP contribution in [0.15, 0.2) is 66.7 Å². The second kappa shape index (κ2) is 7.64. The molecule has 0 fully saturated rings. The molecule has 4 rings (SSSR count). The van der Waals surface area contributed by atoms with Crippen LogP contribution in [0.1, 0.15) is 34.0 Å². The summed E-state index contributed by atoms with van der Waals surface area (Å²) in [6.45, 7) is 0.401. The largest absolute Gasteiger partial charge is 0.508 e. The first-order chi connectivity index (χ1) is 13.6. The number of aromatic hydroxyl groups is 1. The number of ether oxygens (including phenoxy) is 3. The van der Waals surface area contributed by atoms with E-state index in [0.717, 1.165) is 11.1 Å². The van der Waals surface area contributed by atoms with E-state index < -0.39 is 6.10 Å². The molecule has 0 radical (unpaired) electrons. The molecule has 0 amide bonds. The number of phenolic OH excluding ortho intramolecular Hbond substituents is 1. The van der Waals surface area contributed by atoms with Crippen molar-refractivity contribution in [3.63, 3.8) is 0 Å². The summed E-state index contributed by atoms with van der Waals surface area (Å²) in [5, 5.41) is 9.48. The number of rotatable bonds is 5. The Morgan fingerprint density at radius 2 is 1.82 bits per heavy atom. The first-order valence-electron chi connectivity index (χ1n) is 9.01. The zero-order valence-electron chi connectivity index (χ0n) is 15.4. The minimum Gasteiger partial charge on any atom is -0.508 e. The van der Waals surface area contributed by atoms with E-state index in [-0.39, 0.29) is 18.0 Å². The minimum atomic E-state index is -0.422. The Labute approximate surface area is 163 Å². The van der Waals surface area contributed by atoms with Gasteiger partial charge in [-0.2, -0.15) is 0 Å². The van der Waals surface area contributed by atoms with Gasteiger partial charge in [-0.15, -0.1) is 0 Å². The van der Waals surface area contributed by atoms with Crippen molar-refractivity contribution in [2.45, 2.75) is 19.1 Å². The van der Waals surface area contributed by atoms with Gasteiger partial charge < -0.3 is 19.3 Å². The van der Waals surface area contributed by atoms with Gasteiger partial charge in [-0.3, -0.25) is 4.79 Å². The van der Waals surface area contributed by atoms with Gasteiger partial charge in [0.25, 0.3) is 0 Å². The molecule has 0 aliphatic carbocycles. The summed E-state index contributed by atoms with van der Waals surface area (Å²) < 4.78 is 17.4. The van der Waals surface area contributed by atoms with Crippen molar-refractivity contribution in [1.29, 1.82) is 0 Å². The average molecular weight is 376 g/mol. The zero-order valence-corrected chi connectivity index (χ0v) is 15.4.